The fourth-order valence-corrected chi connectivity index (χ4v) is 2.07. The van der Waals surface area contributed by atoms with Gasteiger partial charge in [0.1, 0.15) is 6.04 Å². The molecule has 1 fully saturated rings. The van der Waals surface area contributed by atoms with E-state index in [1.54, 1.807) is 17.1 Å². The average molecular weight is 294 g/mol. The Morgan fingerprint density at radius 3 is 2.90 bits per heavy atom. The molecule has 0 unspecified atom stereocenters. The smallest absolute Gasteiger partial charge is 0.324 e. The number of rotatable bonds is 7. The summed E-state index contributed by atoms with van der Waals surface area (Å²) in [5.74, 6) is -0.625. The second-order valence-corrected chi connectivity index (χ2v) is 4.71. The third-order valence-electron chi connectivity index (χ3n) is 3.08. The predicted molar refractivity (Wildman–Crippen MR) is 72.0 cm³/mol. The first-order valence-electron chi connectivity index (χ1n) is 6.84. The standard InChI is InChI=1S/C12H18N6O3/c1-2-5-18-11(20)9(15-12(18)21)8-10(19)13-3-6-17-7-4-14-16-17/h4,7,9H,2-3,5-6,8H2,1H3,(H,13,19)(H,15,21)/t9-/m1/s1. The largest absolute Gasteiger partial charge is 0.354 e. The van der Waals surface area contributed by atoms with Crippen LogP contribution in [0.1, 0.15) is 19.8 Å². The summed E-state index contributed by atoms with van der Waals surface area (Å²) in [4.78, 5) is 36.4. The van der Waals surface area contributed by atoms with Gasteiger partial charge in [0, 0.05) is 19.3 Å². The molecule has 1 saturated heterocycles. The quantitative estimate of drug-likeness (QED) is 0.634. The Balaban J connectivity index is 1.75. The van der Waals surface area contributed by atoms with Gasteiger partial charge < -0.3 is 10.6 Å². The van der Waals surface area contributed by atoms with Crippen molar-refractivity contribution in [1.82, 2.24) is 30.5 Å². The Morgan fingerprint density at radius 2 is 2.24 bits per heavy atom. The van der Waals surface area contributed by atoms with E-state index in [1.807, 2.05) is 6.92 Å². The monoisotopic (exact) mass is 294 g/mol. The normalized spacial score (nSPS) is 18.0. The van der Waals surface area contributed by atoms with Crippen LogP contribution in [0.4, 0.5) is 4.79 Å². The number of nitrogens with zero attached hydrogens (tertiary/aromatic N) is 4. The van der Waals surface area contributed by atoms with Crippen LogP contribution in [-0.4, -0.2) is 56.9 Å². The minimum absolute atomic E-state index is 0.0534. The van der Waals surface area contributed by atoms with Gasteiger partial charge in [0.25, 0.3) is 5.91 Å². The van der Waals surface area contributed by atoms with E-state index in [-0.39, 0.29) is 18.2 Å². The minimum atomic E-state index is -0.768. The molecule has 1 aromatic rings. The summed E-state index contributed by atoms with van der Waals surface area (Å²) >= 11 is 0. The van der Waals surface area contributed by atoms with Gasteiger partial charge in [-0.15, -0.1) is 5.10 Å². The van der Waals surface area contributed by atoms with E-state index in [2.05, 4.69) is 20.9 Å². The number of carbonyl (C=O) groups excluding carboxylic acids is 3. The molecule has 0 saturated carbocycles. The fourth-order valence-electron chi connectivity index (χ4n) is 2.07. The zero-order valence-corrected chi connectivity index (χ0v) is 11.8. The van der Waals surface area contributed by atoms with Crippen LogP contribution in [0.5, 0.6) is 0 Å². The Labute approximate surface area is 121 Å². The van der Waals surface area contributed by atoms with Gasteiger partial charge in [-0.05, 0) is 6.42 Å². The highest BCUT2D eigenvalue weighted by atomic mass is 16.2. The van der Waals surface area contributed by atoms with E-state index in [9.17, 15) is 14.4 Å². The molecule has 4 amide bonds. The topological polar surface area (TPSA) is 109 Å². The molecule has 114 valence electrons. The number of urea groups is 1. The third-order valence-corrected chi connectivity index (χ3v) is 3.08. The average Bonchev–Trinajstić information content (AvgIpc) is 3.04. The number of nitrogens with one attached hydrogen (secondary N) is 2. The molecule has 0 spiro atoms. The first kappa shape index (κ1) is 14.9. The number of aromatic nitrogens is 3. The van der Waals surface area contributed by atoms with Gasteiger partial charge in [0.2, 0.25) is 5.91 Å². The highest BCUT2D eigenvalue weighted by Gasteiger charge is 2.38. The van der Waals surface area contributed by atoms with Crippen LogP contribution in [0.15, 0.2) is 12.4 Å². The van der Waals surface area contributed by atoms with E-state index in [0.29, 0.717) is 26.1 Å². The van der Waals surface area contributed by atoms with Crippen LogP contribution in [0.3, 0.4) is 0 Å². The van der Waals surface area contributed by atoms with Crippen molar-refractivity contribution in [3.05, 3.63) is 12.4 Å². The maximum atomic E-state index is 11.9. The van der Waals surface area contributed by atoms with E-state index < -0.39 is 12.1 Å². The summed E-state index contributed by atoms with van der Waals surface area (Å²) < 4.78 is 1.59. The maximum absolute atomic E-state index is 11.9. The highest BCUT2D eigenvalue weighted by molar-refractivity contribution is 6.05. The molecule has 21 heavy (non-hydrogen) atoms. The summed E-state index contributed by atoms with van der Waals surface area (Å²) in [6, 6.07) is -1.20. The van der Waals surface area contributed by atoms with E-state index in [0.717, 1.165) is 4.90 Å². The Kier molecular flexibility index (Phi) is 4.85. The summed E-state index contributed by atoms with van der Waals surface area (Å²) in [6.07, 6.45) is 3.88. The lowest BCUT2D eigenvalue weighted by atomic mass is 10.2. The molecule has 1 aromatic heterocycles. The summed E-state index contributed by atoms with van der Waals surface area (Å²) in [5, 5.41) is 12.6. The van der Waals surface area contributed by atoms with Crippen molar-refractivity contribution in [3.63, 3.8) is 0 Å². The molecule has 0 bridgehead atoms. The molecule has 0 radical (unpaired) electrons. The minimum Gasteiger partial charge on any atom is -0.354 e. The van der Waals surface area contributed by atoms with Crippen LogP contribution < -0.4 is 10.6 Å². The molecule has 2 N–H and O–H groups in total. The number of hydrogen-bond donors (Lipinski definition) is 2. The lowest BCUT2D eigenvalue weighted by Crippen LogP contribution is -2.37. The number of carbonyl (C=O) groups is 3. The van der Waals surface area contributed by atoms with Crippen molar-refractivity contribution in [2.45, 2.75) is 32.4 Å². The van der Waals surface area contributed by atoms with Crippen molar-refractivity contribution >= 4 is 17.8 Å². The van der Waals surface area contributed by atoms with Crippen molar-refractivity contribution in [2.75, 3.05) is 13.1 Å². The Morgan fingerprint density at radius 1 is 1.43 bits per heavy atom. The molecule has 2 rings (SSSR count). The van der Waals surface area contributed by atoms with Gasteiger partial charge in [-0.1, -0.05) is 12.1 Å². The summed E-state index contributed by atoms with van der Waals surface area (Å²) in [6.45, 7) is 3.13. The molecule has 1 atom stereocenters. The van der Waals surface area contributed by atoms with Crippen LogP contribution >= 0.6 is 0 Å². The molecular formula is C12H18N6O3. The second-order valence-electron chi connectivity index (χ2n) is 4.71. The van der Waals surface area contributed by atoms with Gasteiger partial charge in [-0.25, -0.2) is 4.79 Å². The fraction of sp³-hybridized carbons (Fsp3) is 0.583. The Hall–Kier alpha value is -2.45. The predicted octanol–water partition coefficient (Wildman–Crippen LogP) is -0.885. The third kappa shape index (κ3) is 3.77. The molecule has 1 aliphatic rings. The SMILES string of the molecule is CCCN1C(=O)N[C@H](CC(=O)NCCn2ccnn2)C1=O. The molecule has 1 aliphatic heterocycles. The van der Waals surface area contributed by atoms with Gasteiger partial charge >= 0.3 is 6.03 Å². The molecule has 0 aromatic carbocycles. The number of amides is 4. The lowest BCUT2D eigenvalue weighted by Gasteiger charge is -2.11. The zero-order chi connectivity index (χ0) is 15.2. The molecular weight excluding hydrogens is 276 g/mol. The van der Waals surface area contributed by atoms with E-state index in [4.69, 9.17) is 0 Å². The highest BCUT2D eigenvalue weighted by Crippen LogP contribution is 2.09. The van der Waals surface area contributed by atoms with Crippen LogP contribution in [0, 0.1) is 0 Å². The lowest BCUT2D eigenvalue weighted by molar-refractivity contribution is -0.130. The number of imide groups is 1. The van der Waals surface area contributed by atoms with Gasteiger partial charge in [0.15, 0.2) is 0 Å². The first-order chi connectivity index (χ1) is 10.1. The van der Waals surface area contributed by atoms with Gasteiger partial charge in [-0.2, -0.15) is 0 Å². The molecule has 0 aliphatic carbocycles. The van der Waals surface area contributed by atoms with Crippen molar-refractivity contribution in [1.29, 1.82) is 0 Å². The molecule has 2 heterocycles. The maximum Gasteiger partial charge on any atom is 0.324 e. The molecule has 9 nitrogen and oxygen atoms in total. The van der Waals surface area contributed by atoms with Gasteiger partial charge in [-0.3, -0.25) is 19.2 Å². The van der Waals surface area contributed by atoms with Crippen LogP contribution in [0.2, 0.25) is 0 Å². The summed E-state index contributed by atoms with van der Waals surface area (Å²) in [7, 11) is 0. The number of hydrogen-bond acceptors (Lipinski definition) is 5. The zero-order valence-electron chi connectivity index (χ0n) is 11.8. The van der Waals surface area contributed by atoms with Crippen molar-refractivity contribution in [2.24, 2.45) is 0 Å². The van der Waals surface area contributed by atoms with E-state index >= 15 is 0 Å². The van der Waals surface area contributed by atoms with Gasteiger partial charge in [0.05, 0.1) is 19.2 Å². The second kappa shape index (κ2) is 6.82. The first-order valence-corrected chi connectivity index (χ1v) is 6.84. The van der Waals surface area contributed by atoms with Crippen molar-refractivity contribution in [3.8, 4) is 0 Å². The summed E-state index contributed by atoms with van der Waals surface area (Å²) in [5.41, 5.74) is 0. The molecule has 9 heteroatoms. The van der Waals surface area contributed by atoms with Crippen LogP contribution in [-0.2, 0) is 16.1 Å². The van der Waals surface area contributed by atoms with E-state index in [1.165, 1.54) is 0 Å². The Bertz CT molecular complexity index is 515. The van der Waals surface area contributed by atoms with Crippen molar-refractivity contribution < 1.29 is 14.4 Å². The van der Waals surface area contributed by atoms with Crippen LogP contribution in [0.25, 0.3) is 0 Å².